The Bertz CT molecular complexity index is 413. The minimum Gasteiger partial charge on any atom is -0.385 e. The zero-order valence-corrected chi connectivity index (χ0v) is 13.0. The van der Waals surface area contributed by atoms with E-state index < -0.39 is 16.1 Å². The summed E-state index contributed by atoms with van der Waals surface area (Å²) < 4.78 is 29.9. The van der Waals surface area contributed by atoms with Crippen LogP contribution in [0.25, 0.3) is 0 Å². The van der Waals surface area contributed by atoms with Crippen molar-refractivity contribution in [3.63, 3.8) is 0 Å². The molecule has 0 aromatic carbocycles. The van der Waals surface area contributed by atoms with Gasteiger partial charge in [0.25, 0.3) is 0 Å². The Labute approximate surface area is 120 Å². The standard InChI is InChI=1S/C12H25N3O4S/c1-19-8-4-6-11(13)12(16)15-7-3-5-10(9-15)14-20(2,17)18/h10-11,14H,3-9,13H2,1-2H3. The van der Waals surface area contributed by atoms with Crippen LogP contribution in [-0.4, -0.2) is 64.4 Å². The zero-order valence-electron chi connectivity index (χ0n) is 12.2. The van der Waals surface area contributed by atoms with Crippen molar-refractivity contribution in [2.45, 2.75) is 37.8 Å². The number of hydrogen-bond donors (Lipinski definition) is 2. The van der Waals surface area contributed by atoms with Gasteiger partial charge in [-0.2, -0.15) is 0 Å². The first-order valence-electron chi connectivity index (χ1n) is 6.84. The fraction of sp³-hybridized carbons (Fsp3) is 0.917. The summed E-state index contributed by atoms with van der Waals surface area (Å²) in [5.41, 5.74) is 5.88. The molecule has 0 aliphatic carbocycles. The number of nitrogens with one attached hydrogen (secondary N) is 1. The van der Waals surface area contributed by atoms with E-state index in [-0.39, 0.29) is 11.9 Å². The lowest BCUT2D eigenvalue weighted by Gasteiger charge is -2.34. The summed E-state index contributed by atoms with van der Waals surface area (Å²) in [6.45, 7) is 1.61. The average molecular weight is 307 g/mol. The normalized spacial score (nSPS) is 21.8. The highest BCUT2D eigenvalue weighted by Crippen LogP contribution is 2.13. The minimum atomic E-state index is -3.25. The second kappa shape index (κ2) is 7.92. The Kier molecular flexibility index (Phi) is 6.87. The Hall–Kier alpha value is -0.700. The number of nitrogens with zero attached hydrogens (tertiary/aromatic N) is 1. The van der Waals surface area contributed by atoms with Gasteiger partial charge < -0.3 is 15.4 Å². The van der Waals surface area contributed by atoms with Crippen LogP contribution in [-0.2, 0) is 19.6 Å². The van der Waals surface area contributed by atoms with Crippen LogP contribution in [0.4, 0.5) is 0 Å². The largest absolute Gasteiger partial charge is 0.385 e. The van der Waals surface area contributed by atoms with E-state index in [0.717, 1.165) is 25.5 Å². The van der Waals surface area contributed by atoms with E-state index >= 15 is 0 Å². The van der Waals surface area contributed by atoms with Crippen molar-refractivity contribution in [2.24, 2.45) is 5.73 Å². The van der Waals surface area contributed by atoms with E-state index in [1.807, 2.05) is 0 Å². The molecule has 1 fully saturated rings. The van der Waals surface area contributed by atoms with Crippen LogP contribution >= 0.6 is 0 Å². The van der Waals surface area contributed by atoms with Crippen molar-refractivity contribution in [1.82, 2.24) is 9.62 Å². The lowest BCUT2D eigenvalue weighted by molar-refractivity contribution is -0.134. The summed E-state index contributed by atoms with van der Waals surface area (Å²) in [5, 5.41) is 0. The number of carbonyl (C=O) groups excluding carboxylic acids is 1. The molecule has 1 amide bonds. The van der Waals surface area contributed by atoms with Crippen molar-refractivity contribution in [3.8, 4) is 0 Å². The molecule has 0 aromatic heterocycles. The Morgan fingerprint density at radius 3 is 2.85 bits per heavy atom. The number of rotatable bonds is 7. The smallest absolute Gasteiger partial charge is 0.239 e. The highest BCUT2D eigenvalue weighted by molar-refractivity contribution is 7.88. The van der Waals surface area contributed by atoms with Crippen molar-refractivity contribution in [2.75, 3.05) is 33.1 Å². The van der Waals surface area contributed by atoms with Gasteiger partial charge in [0.15, 0.2) is 0 Å². The van der Waals surface area contributed by atoms with Crippen LogP contribution in [0.5, 0.6) is 0 Å². The monoisotopic (exact) mass is 307 g/mol. The maximum atomic E-state index is 12.2. The molecule has 118 valence electrons. The van der Waals surface area contributed by atoms with Crippen LogP contribution in [0.15, 0.2) is 0 Å². The van der Waals surface area contributed by atoms with E-state index in [1.165, 1.54) is 0 Å². The quantitative estimate of drug-likeness (QED) is 0.604. The molecule has 0 spiro atoms. The Morgan fingerprint density at radius 2 is 2.25 bits per heavy atom. The first kappa shape index (κ1) is 17.4. The van der Waals surface area contributed by atoms with E-state index in [1.54, 1.807) is 12.0 Å². The van der Waals surface area contributed by atoms with E-state index in [9.17, 15) is 13.2 Å². The van der Waals surface area contributed by atoms with Gasteiger partial charge >= 0.3 is 0 Å². The van der Waals surface area contributed by atoms with Crippen LogP contribution in [0, 0.1) is 0 Å². The predicted molar refractivity (Wildman–Crippen MR) is 76.7 cm³/mol. The summed E-state index contributed by atoms with van der Waals surface area (Å²) in [7, 11) is -1.64. The molecule has 2 atom stereocenters. The zero-order chi connectivity index (χ0) is 15.2. The first-order valence-corrected chi connectivity index (χ1v) is 8.73. The molecule has 0 aromatic rings. The van der Waals surface area contributed by atoms with Crippen molar-refractivity contribution >= 4 is 15.9 Å². The molecule has 1 saturated heterocycles. The molecule has 8 heteroatoms. The van der Waals surface area contributed by atoms with E-state index in [4.69, 9.17) is 10.5 Å². The molecule has 20 heavy (non-hydrogen) atoms. The first-order chi connectivity index (χ1) is 9.33. The lowest BCUT2D eigenvalue weighted by atomic mass is 10.0. The molecule has 7 nitrogen and oxygen atoms in total. The molecular weight excluding hydrogens is 282 g/mol. The second-order valence-corrected chi connectivity index (χ2v) is 7.03. The van der Waals surface area contributed by atoms with Crippen LogP contribution in [0.2, 0.25) is 0 Å². The number of carbonyl (C=O) groups is 1. The third-order valence-electron chi connectivity index (χ3n) is 3.29. The van der Waals surface area contributed by atoms with Gasteiger partial charge in [-0.1, -0.05) is 0 Å². The number of likely N-dealkylation sites (tertiary alicyclic amines) is 1. The molecule has 3 N–H and O–H groups in total. The van der Waals surface area contributed by atoms with Gasteiger partial charge in [0, 0.05) is 32.8 Å². The lowest BCUT2D eigenvalue weighted by Crippen LogP contribution is -2.53. The van der Waals surface area contributed by atoms with Gasteiger partial charge in [0.1, 0.15) is 0 Å². The molecule has 1 aliphatic rings. The number of ether oxygens (including phenoxy) is 1. The summed E-state index contributed by atoms with van der Waals surface area (Å²) in [6.07, 6.45) is 3.97. The average Bonchev–Trinajstić information content (AvgIpc) is 2.36. The summed E-state index contributed by atoms with van der Waals surface area (Å²) in [6, 6.07) is -0.754. The van der Waals surface area contributed by atoms with Gasteiger partial charge in [-0.3, -0.25) is 4.79 Å². The van der Waals surface area contributed by atoms with Gasteiger partial charge in [0.05, 0.1) is 12.3 Å². The molecular formula is C12H25N3O4S. The fourth-order valence-corrected chi connectivity index (χ4v) is 3.18. The summed E-state index contributed by atoms with van der Waals surface area (Å²) >= 11 is 0. The highest BCUT2D eigenvalue weighted by Gasteiger charge is 2.28. The number of methoxy groups -OCH3 is 1. The summed E-state index contributed by atoms with van der Waals surface area (Å²) in [5.74, 6) is -0.110. The third-order valence-corrected chi connectivity index (χ3v) is 4.06. The Balaban J connectivity index is 2.47. The van der Waals surface area contributed by atoms with E-state index in [0.29, 0.717) is 26.1 Å². The molecule has 1 heterocycles. The molecule has 0 saturated carbocycles. The van der Waals surface area contributed by atoms with Gasteiger partial charge in [-0.25, -0.2) is 13.1 Å². The van der Waals surface area contributed by atoms with Gasteiger partial charge in [-0.15, -0.1) is 0 Å². The predicted octanol–water partition coefficient (Wildman–Crippen LogP) is -0.719. The van der Waals surface area contributed by atoms with Crippen LogP contribution in [0.1, 0.15) is 25.7 Å². The van der Waals surface area contributed by atoms with Crippen molar-refractivity contribution in [1.29, 1.82) is 0 Å². The minimum absolute atomic E-state index is 0.110. The third kappa shape index (κ3) is 6.17. The molecule has 1 aliphatic heterocycles. The topological polar surface area (TPSA) is 102 Å². The molecule has 1 rings (SSSR count). The molecule has 0 radical (unpaired) electrons. The number of hydrogen-bond acceptors (Lipinski definition) is 5. The molecule has 0 bridgehead atoms. The molecule has 2 unspecified atom stereocenters. The SMILES string of the molecule is COCCCC(N)C(=O)N1CCCC(NS(C)(=O)=O)C1. The fourth-order valence-electron chi connectivity index (χ4n) is 2.38. The van der Waals surface area contributed by atoms with Crippen LogP contribution in [0.3, 0.4) is 0 Å². The van der Waals surface area contributed by atoms with Gasteiger partial charge in [-0.05, 0) is 25.7 Å². The van der Waals surface area contributed by atoms with Gasteiger partial charge in [0.2, 0.25) is 15.9 Å². The maximum Gasteiger partial charge on any atom is 0.239 e. The summed E-state index contributed by atoms with van der Waals surface area (Å²) in [4.78, 5) is 13.8. The maximum absolute atomic E-state index is 12.2. The van der Waals surface area contributed by atoms with Crippen molar-refractivity contribution in [3.05, 3.63) is 0 Å². The highest BCUT2D eigenvalue weighted by atomic mass is 32.2. The number of sulfonamides is 1. The van der Waals surface area contributed by atoms with Crippen LogP contribution < -0.4 is 10.5 Å². The number of piperidine rings is 1. The Morgan fingerprint density at radius 1 is 1.55 bits per heavy atom. The second-order valence-electron chi connectivity index (χ2n) is 5.25. The number of nitrogens with two attached hydrogens (primary N) is 1. The van der Waals surface area contributed by atoms with E-state index in [2.05, 4.69) is 4.72 Å². The van der Waals surface area contributed by atoms with Crippen molar-refractivity contribution < 1.29 is 17.9 Å². The number of amides is 1.